The van der Waals surface area contributed by atoms with Crippen molar-refractivity contribution in [2.75, 3.05) is 32.1 Å². The average molecular weight is 507 g/mol. The Kier molecular flexibility index (Phi) is 8.46. The third kappa shape index (κ3) is 5.48. The van der Waals surface area contributed by atoms with Gasteiger partial charge in [0, 0.05) is 10.6 Å². The van der Waals surface area contributed by atoms with Crippen molar-refractivity contribution in [3.8, 4) is 5.75 Å². The number of nitrogens with two attached hydrogens (primary N) is 1. The van der Waals surface area contributed by atoms with Crippen molar-refractivity contribution < 1.29 is 4.74 Å². The molecule has 3 rings (SSSR count). The molecule has 2 heterocycles. The van der Waals surface area contributed by atoms with Crippen LogP contribution in [0, 0.1) is 0 Å². The lowest BCUT2D eigenvalue weighted by molar-refractivity contribution is 0.255. The lowest BCUT2D eigenvalue weighted by Gasteiger charge is -2.25. The van der Waals surface area contributed by atoms with Crippen molar-refractivity contribution in [2.45, 2.75) is 18.9 Å². The van der Waals surface area contributed by atoms with Gasteiger partial charge in [0.25, 0.3) is 0 Å². The van der Waals surface area contributed by atoms with E-state index in [4.69, 9.17) is 22.1 Å². The Hall–Kier alpha value is -1.03. The summed E-state index contributed by atoms with van der Waals surface area (Å²) in [5, 5.41) is 5.75. The molecule has 8 heteroatoms. The van der Waals surface area contributed by atoms with E-state index in [1.165, 1.54) is 17.7 Å². The third-order valence-corrected chi connectivity index (χ3v) is 5.58. The summed E-state index contributed by atoms with van der Waals surface area (Å²) in [6.07, 6.45) is 2.51. The molecule has 5 nitrogen and oxygen atoms in total. The largest absolute Gasteiger partial charge is 0.495 e. The molecular formula is C18H24ClIN4OS. The Morgan fingerprint density at radius 2 is 2.15 bits per heavy atom. The number of nitrogens with one attached hydrogen (secondary N) is 1. The van der Waals surface area contributed by atoms with Gasteiger partial charge in [-0.15, -0.1) is 35.3 Å². The molecule has 26 heavy (non-hydrogen) atoms. The fourth-order valence-electron chi connectivity index (χ4n) is 3.04. The normalized spacial score (nSPS) is 16.2. The van der Waals surface area contributed by atoms with Crippen LogP contribution < -0.4 is 15.8 Å². The smallest absolute Gasteiger partial charge is 0.193 e. The van der Waals surface area contributed by atoms with Gasteiger partial charge >= 0.3 is 0 Å². The van der Waals surface area contributed by atoms with Gasteiger partial charge in [0.15, 0.2) is 5.96 Å². The molecule has 0 aliphatic carbocycles. The molecule has 0 bridgehead atoms. The maximum absolute atomic E-state index is 6.14. The van der Waals surface area contributed by atoms with Crippen molar-refractivity contribution >= 4 is 58.6 Å². The number of thiophene rings is 1. The number of benzene rings is 1. The van der Waals surface area contributed by atoms with E-state index < -0.39 is 0 Å². The fraction of sp³-hybridized carbons (Fsp3) is 0.389. The first-order valence-electron chi connectivity index (χ1n) is 8.35. The topological polar surface area (TPSA) is 62.9 Å². The number of hydrogen-bond donors (Lipinski definition) is 2. The third-order valence-electron chi connectivity index (χ3n) is 4.31. The van der Waals surface area contributed by atoms with Crippen molar-refractivity contribution in [3.63, 3.8) is 0 Å². The van der Waals surface area contributed by atoms with Crippen LogP contribution >= 0.6 is 46.9 Å². The van der Waals surface area contributed by atoms with Gasteiger partial charge in [-0.3, -0.25) is 9.89 Å². The van der Waals surface area contributed by atoms with E-state index in [9.17, 15) is 0 Å². The Balaban J connectivity index is 0.00000243. The summed E-state index contributed by atoms with van der Waals surface area (Å²) in [5.41, 5.74) is 6.87. The van der Waals surface area contributed by atoms with E-state index in [-0.39, 0.29) is 24.0 Å². The number of guanidine groups is 1. The first kappa shape index (κ1) is 21.3. The Bertz CT molecular complexity index is 720. The SMILES string of the molecule is COc1ccc(NC(N)=NCC(c2cccs2)N2CCCC2)cc1Cl.I. The highest BCUT2D eigenvalue weighted by atomic mass is 127. The number of anilines is 1. The minimum atomic E-state index is 0. The summed E-state index contributed by atoms with van der Waals surface area (Å²) in [4.78, 5) is 8.40. The van der Waals surface area contributed by atoms with Crippen LogP contribution in [0.5, 0.6) is 5.75 Å². The lowest BCUT2D eigenvalue weighted by Crippen LogP contribution is -2.29. The van der Waals surface area contributed by atoms with Crippen LogP contribution in [0.25, 0.3) is 0 Å². The van der Waals surface area contributed by atoms with Crippen molar-refractivity contribution in [3.05, 3.63) is 45.6 Å². The summed E-state index contributed by atoms with van der Waals surface area (Å²) in [6, 6.07) is 10.0. The van der Waals surface area contributed by atoms with Gasteiger partial charge in [0.2, 0.25) is 0 Å². The maximum Gasteiger partial charge on any atom is 0.193 e. The second-order valence-electron chi connectivity index (χ2n) is 5.97. The maximum atomic E-state index is 6.14. The number of hydrogen-bond acceptors (Lipinski definition) is 4. The molecule has 1 aliphatic rings. The molecule has 142 valence electrons. The molecule has 1 saturated heterocycles. The van der Waals surface area contributed by atoms with Crippen LogP contribution in [-0.2, 0) is 0 Å². The molecule has 1 aromatic heterocycles. The predicted molar refractivity (Wildman–Crippen MR) is 121 cm³/mol. The quantitative estimate of drug-likeness (QED) is 0.342. The van der Waals surface area contributed by atoms with Crippen LogP contribution in [-0.4, -0.2) is 37.6 Å². The average Bonchev–Trinajstić information content (AvgIpc) is 3.29. The second kappa shape index (κ2) is 10.3. The van der Waals surface area contributed by atoms with Crippen molar-refractivity contribution in [1.29, 1.82) is 0 Å². The lowest BCUT2D eigenvalue weighted by atomic mass is 10.2. The van der Waals surface area contributed by atoms with Gasteiger partial charge < -0.3 is 15.8 Å². The van der Waals surface area contributed by atoms with Gasteiger partial charge in [0.05, 0.1) is 24.7 Å². The predicted octanol–water partition coefficient (Wildman–Crippen LogP) is 4.59. The zero-order valence-corrected chi connectivity index (χ0v) is 18.6. The van der Waals surface area contributed by atoms with E-state index >= 15 is 0 Å². The Morgan fingerprint density at radius 1 is 1.38 bits per heavy atom. The first-order chi connectivity index (χ1) is 12.2. The van der Waals surface area contributed by atoms with E-state index in [2.05, 4.69) is 32.7 Å². The molecule has 1 fully saturated rings. The van der Waals surface area contributed by atoms with E-state index in [0.717, 1.165) is 18.8 Å². The molecule has 0 saturated carbocycles. The summed E-state index contributed by atoms with van der Waals surface area (Å²) in [6.45, 7) is 2.89. The molecule has 1 unspecified atom stereocenters. The van der Waals surface area contributed by atoms with E-state index in [1.807, 2.05) is 6.07 Å². The standard InChI is InChI=1S/C18H23ClN4OS.HI/c1-24-16-7-6-13(11-14(16)19)22-18(20)21-12-15(17-5-4-10-25-17)23-8-2-3-9-23;/h4-7,10-11,15H,2-3,8-9,12H2,1H3,(H3,20,21,22);1H. The monoisotopic (exact) mass is 506 g/mol. The van der Waals surface area contributed by atoms with Crippen LogP contribution in [0.1, 0.15) is 23.8 Å². The molecule has 1 aromatic carbocycles. The molecule has 2 aromatic rings. The minimum Gasteiger partial charge on any atom is -0.495 e. The van der Waals surface area contributed by atoms with Gasteiger partial charge in [0.1, 0.15) is 5.75 Å². The number of nitrogens with zero attached hydrogens (tertiary/aromatic N) is 2. The molecule has 1 aliphatic heterocycles. The van der Waals surface area contributed by atoms with Crippen LogP contribution in [0.4, 0.5) is 5.69 Å². The number of likely N-dealkylation sites (tertiary alicyclic amines) is 1. The molecule has 0 amide bonds. The Labute approximate surface area is 180 Å². The van der Waals surface area contributed by atoms with Gasteiger partial charge in [-0.1, -0.05) is 17.7 Å². The number of halogens is 2. The molecule has 0 spiro atoms. The highest BCUT2D eigenvalue weighted by Crippen LogP contribution is 2.29. The Morgan fingerprint density at radius 3 is 2.77 bits per heavy atom. The highest BCUT2D eigenvalue weighted by molar-refractivity contribution is 14.0. The highest BCUT2D eigenvalue weighted by Gasteiger charge is 2.23. The molecule has 1 atom stereocenters. The minimum absolute atomic E-state index is 0. The van der Waals surface area contributed by atoms with Crippen LogP contribution in [0.15, 0.2) is 40.7 Å². The summed E-state index contributed by atoms with van der Waals surface area (Å²) in [7, 11) is 1.59. The van der Waals surface area contributed by atoms with E-state index in [1.54, 1.807) is 30.6 Å². The van der Waals surface area contributed by atoms with E-state index in [0.29, 0.717) is 29.3 Å². The van der Waals surface area contributed by atoms with Gasteiger partial charge in [-0.2, -0.15) is 0 Å². The van der Waals surface area contributed by atoms with Gasteiger partial charge in [-0.25, -0.2) is 0 Å². The summed E-state index contributed by atoms with van der Waals surface area (Å²) in [5.74, 6) is 1.02. The number of ether oxygens (including phenoxy) is 1. The zero-order valence-electron chi connectivity index (χ0n) is 14.7. The second-order valence-corrected chi connectivity index (χ2v) is 7.36. The summed E-state index contributed by atoms with van der Waals surface area (Å²) >= 11 is 7.92. The number of methoxy groups -OCH3 is 1. The molecular weight excluding hydrogens is 483 g/mol. The zero-order chi connectivity index (χ0) is 17.6. The summed E-state index contributed by atoms with van der Waals surface area (Å²) < 4.78 is 5.16. The first-order valence-corrected chi connectivity index (χ1v) is 9.61. The number of rotatable bonds is 6. The van der Waals surface area contributed by atoms with Crippen molar-refractivity contribution in [1.82, 2.24) is 4.90 Å². The van der Waals surface area contributed by atoms with Crippen molar-refractivity contribution in [2.24, 2.45) is 10.7 Å². The van der Waals surface area contributed by atoms with Crippen LogP contribution in [0.3, 0.4) is 0 Å². The van der Waals surface area contributed by atoms with Gasteiger partial charge in [-0.05, 0) is 55.6 Å². The molecule has 3 N–H and O–H groups in total. The number of aliphatic imine (C=N–C) groups is 1. The van der Waals surface area contributed by atoms with Crippen LogP contribution in [0.2, 0.25) is 5.02 Å². The fourth-order valence-corrected chi connectivity index (χ4v) is 4.15. The molecule has 0 radical (unpaired) electrons.